The van der Waals surface area contributed by atoms with E-state index in [1.165, 1.54) is 0 Å². The zero-order valence-electron chi connectivity index (χ0n) is 52.6. The van der Waals surface area contributed by atoms with Gasteiger partial charge in [-0.1, -0.05) is 60.7 Å². The van der Waals surface area contributed by atoms with E-state index in [9.17, 15) is 10.5 Å². The minimum absolute atomic E-state index is 0.0802. The maximum absolute atomic E-state index is 10.4. The maximum Gasteiger partial charge on any atom is 0.227 e. The summed E-state index contributed by atoms with van der Waals surface area (Å²) in [4.78, 5) is 41.1. The van der Waals surface area contributed by atoms with Crippen molar-refractivity contribution in [2.75, 3.05) is 57.2 Å². The number of benzene rings is 4. The molecule has 4 aromatic carbocycles. The lowest BCUT2D eigenvalue weighted by molar-refractivity contribution is 0.317. The monoisotopic (exact) mass is 1190 g/mol. The molecule has 10 aromatic rings. The number of rotatable bonds is 16. The minimum Gasteiger partial charge on any atom is -0.370 e. The number of nitrogens with zero attached hydrogens (tertiary/aromatic N) is 12. The van der Waals surface area contributed by atoms with E-state index in [2.05, 4.69) is 176 Å². The molecule has 6 aromatic heterocycles. The van der Waals surface area contributed by atoms with Crippen LogP contribution in [0.4, 0.5) is 46.3 Å². The molecule has 2 aliphatic rings. The normalized spacial score (nSPS) is 13.9. The van der Waals surface area contributed by atoms with E-state index in [4.69, 9.17) is 9.97 Å². The Bertz CT molecular complexity index is 3940. The van der Waals surface area contributed by atoms with Crippen LogP contribution in [0.1, 0.15) is 101 Å². The third-order valence-corrected chi connectivity index (χ3v) is 16.1. The van der Waals surface area contributed by atoms with E-state index in [0.717, 1.165) is 141 Å². The number of pyridine rings is 4. The van der Waals surface area contributed by atoms with Gasteiger partial charge < -0.3 is 41.7 Å². The van der Waals surface area contributed by atoms with E-state index in [1.54, 1.807) is 37.2 Å². The van der Waals surface area contributed by atoms with Crippen LogP contribution in [-0.2, 0) is 13.1 Å². The molecule has 90 heavy (non-hydrogen) atoms. The smallest absolute Gasteiger partial charge is 0.227 e. The second kappa shape index (κ2) is 27.5. The van der Waals surface area contributed by atoms with Crippen molar-refractivity contribution in [2.24, 2.45) is 0 Å². The zero-order valence-corrected chi connectivity index (χ0v) is 52.6. The van der Waals surface area contributed by atoms with Crippen LogP contribution in [0.2, 0.25) is 0 Å². The van der Waals surface area contributed by atoms with Crippen molar-refractivity contribution in [1.82, 2.24) is 50.5 Å². The third kappa shape index (κ3) is 15.2. The Morgan fingerprint density at radius 3 is 1.27 bits per heavy atom. The Morgan fingerprint density at radius 2 is 0.900 bits per heavy atom. The molecule has 12 rings (SSSR count). The Hall–Kier alpha value is -10.1. The molecule has 18 nitrogen and oxygen atoms in total. The lowest BCUT2D eigenvalue weighted by atomic mass is 9.98. The number of para-hydroxylation sites is 2. The first-order chi connectivity index (χ1) is 43.5. The summed E-state index contributed by atoms with van der Waals surface area (Å²) >= 11 is 0. The van der Waals surface area contributed by atoms with Gasteiger partial charge in [0.25, 0.3) is 0 Å². The molecule has 0 unspecified atom stereocenters. The maximum atomic E-state index is 10.4. The fraction of sp³-hybridized carbons (Fsp3) is 0.306. The number of anilines is 8. The molecule has 0 bridgehead atoms. The molecule has 456 valence electrons. The molecule has 0 atom stereocenters. The van der Waals surface area contributed by atoms with Gasteiger partial charge in [0.05, 0.1) is 33.8 Å². The van der Waals surface area contributed by atoms with E-state index in [1.807, 2.05) is 84.9 Å². The van der Waals surface area contributed by atoms with E-state index in [-0.39, 0.29) is 11.1 Å². The number of hydrogen-bond donors (Lipinski definition) is 6. The molecule has 0 spiro atoms. The second-order valence-electron chi connectivity index (χ2n) is 25.2. The van der Waals surface area contributed by atoms with Crippen LogP contribution < -0.4 is 41.7 Å². The second-order valence-corrected chi connectivity index (χ2v) is 25.2. The van der Waals surface area contributed by atoms with Crippen molar-refractivity contribution in [3.63, 3.8) is 0 Å². The highest BCUT2D eigenvalue weighted by molar-refractivity contribution is 5.99. The van der Waals surface area contributed by atoms with Gasteiger partial charge in [0.15, 0.2) is 0 Å². The fourth-order valence-corrected chi connectivity index (χ4v) is 12.0. The number of hydrogen-bond acceptors (Lipinski definition) is 18. The summed E-state index contributed by atoms with van der Waals surface area (Å²) in [7, 11) is 0. The average molecular weight is 1200 g/mol. The van der Waals surface area contributed by atoms with Gasteiger partial charge >= 0.3 is 0 Å². The number of nitriles is 2. The van der Waals surface area contributed by atoms with Gasteiger partial charge in [-0.2, -0.15) is 10.5 Å². The predicted molar refractivity (Wildman–Crippen MR) is 363 cm³/mol. The van der Waals surface area contributed by atoms with Crippen molar-refractivity contribution in [1.29, 1.82) is 10.5 Å². The molecule has 2 aliphatic heterocycles. The first-order valence-electron chi connectivity index (χ1n) is 30.9. The summed E-state index contributed by atoms with van der Waals surface area (Å²) in [5.74, 6) is 2.27. The number of aromatic nitrogens is 8. The Balaban J connectivity index is 0.000000185. The fourth-order valence-electron chi connectivity index (χ4n) is 12.0. The standard InChI is InChI=1S/2C36H39N9/c2*1-24-20-25(11-12-30(24)42-35-39-17-13-31(43-35)26-8-7-16-38-23-26)22-40-34-29(21-37)33(28-9-5-6-10-32(28)41-34)45-18-14-27(15-19-45)44-36(2,3)4/h2*5-13,16-17,20,23,27,44H,14-15,18-19,22H2,1-4H3,(H,40,41)(H,39,42,43). The van der Waals surface area contributed by atoms with Crippen LogP contribution >= 0.6 is 0 Å². The van der Waals surface area contributed by atoms with Gasteiger partial charge in [0, 0.05) is 133 Å². The van der Waals surface area contributed by atoms with Gasteiger partial charge in [-0.05, 0) is 164 Å². The van der Waals surface area contributed by atoms with Crippen molar-refractivity contribution < 1.29 is 0 Å². The highest BCUT2D eigenvalue weighted by Gasteiger charge is 2.29. The molecule has 6 N–H and O–H groups in total. The molecule has 0 saturated carbocycles. The van der Waals surface area contributed by atoms with Crippen LogP contribution in [0.25, 0.3) is 44.3 Å². The highest BCUT2D eigenvalue weighted by Crippen LogP contribution is 2.38. The highest BCUT2D eigenvalue weighted by atomic mass is 15.2. The largest absolute Gasteiger partial charge is 0.370 e. The molecule has 0 amide bonds. The molecule has 2 saturated heterocycles. The number of aryl methyl sites for hydroxylation is 2. The van der Waals surface area contributed by atoms with E-state index in [0.29, 0.717) is 59.8 Å². The van der Waals surface area contributed by atoms with Crippen LogP contribution in [0.15, 0.2) is 159 Å². The van der Waals surface area contributed by atoms with Crippen LogP contribution in [0.3, 0.4) is 0 Å². The molecule has 18 heteroatoms. The summed E-state index contributed by atoms with van der Waals surface area (Å²) in [6.07, 6.45) is 14.7. The van der Waals surface area contributed by atoms with Crippen molar-refractivity contribution in [3.05, 3.63) is 192 Å². The van der Waals surface area contributed by atoms with Gasteiger partial charge in [0.1, 0.15) is 34.9 Å². The molecule has 0 aliphatic carbocycles. The van der Waals surface area contributed by atoms with Crippen molar-refractivity contribution in [2.45, 2.75) is 117 Å². The van der Waals surface area contributed by atoms with Crippen LogP contribution in [0, 0.1) is 36.5 Å². The molecule has 2 fully saturated rings. The number of fused-ring (bicyclic) bond motifs is 2. The van der Waals surface area contributed by atoms with Gasteiger partial charge in [-0.25, -0.2) is 29.9 Å². The zero-order chi connectivity index (χ0) is 62.8. The third-order valence-electron chi connectivity index (χ3n) is 16.1. The summed E-state index contributed by atoms with van der Waals surface area (Å²) < 4.78 is 0. The van der Waals surface area contributed by atoms with Gasteiger partial charge in [-0.3, -0.25) is 9.97 Å². The van der Waals surface area contributed by atoms with Crippen LogP contribution in [-0.4, -0.2) is 89.2 Å². The van der Waals surface area contributed by atoms with Gasteiger partial charge in [-0.15, -0.1) is 0 Å². The summed E-state index contributed by atoms with van der Waals surface area (Å²) in [6, 6.07) is 46.1. The Kier molecular flexibility index (Phi) is 18.8. The van der Waals surface area contributed by atoms with Crippen molar-refractivity contribution >= 4 is 68.1 Å². The summed E-state index contributed by atoms with van der Waals surface area (Å²) in [6.45, 7) is 22.0. The lowest BCUT2D eigenvalue weighted by Crippen LogP contribution is -2.49. The average Bonchev–Trinajstić information content (AvgIpc) is 0.899. The first-order valence-corrected chi connectivity index (χ1v) is 30.9. The van der Waals surface area contributed by atoms with E-state index < -0.39 is 0 Å². The van der Waals surface area contributed by atoms with Crippen molar-refractivity contribution in [3.8, 4) is 34.7 Å². The summed E-state index contributed by atoms with van der Waals surface area (Å²) in [5.41, 5.74) is 14.7. The Morgan fingerprint density at radius 1 is 0.489 bits per heavy atom. The Labute approximate surface area is 527 Å². The number of nitrogens with one attached hydrogen (secondary N) is 6. The topological polar surface area (TPSA) is 229 Å². The molecular formula is C72H78N18. The summed E-state index contributed by atoms with van der Waals surface area (Å²) in [5, 5.41) is 44.0. The van der Waals surface area contributed by atoms with E-state index >= 15 is 0 Å². The molecule has 0 radical (unpaired) electrons. The molecular weight excluding hydrogens is 1120 g/mol. The lowest BCUT2D eigenvalue weighted by Gasteiger charge is -2.38. The minimum atomic E-state index is 0.0802. The van der Waals surface area contributed by atoms with Gasteiger partial charge in [0.2, 0.25) is 11.9 Å². The quantitative estimate of drug-likeness (QED) is 0.0528. The first kappa shape index (κ1) is 61.5. The predicted octanol–water partition coefficient (Wildman–Crippen LogP) is 14.0. The van der Waals surface area contributed by atoms with Crippen LogP contribution in [0.5, 0.6) is 0 Å². The SMILES string of the molecule is Cc1cc(CNc2nc3ccccc3c(N3CCC(NC(C)(C)C)CC3)c2C#N)ccc1Nc1nccc(-c2cccnc2)n1.Cc1cc(CNc2nc3ccccc3c(N3CCC(NC(C)(C)C)CC3)c2C#N)ccc1Nc1nccc(-c2cccnc2)n1. The molecule has 8 heterocycles. The number of piperidine rings is 2.